The topological polar surface area (TPSA) is 125 Å². The number of fused-ring (bicyclic) bond motifs is 4. The van der Waals surface area contributed by atoms with Gasteiger partial charge in [0.15, 0.2) is 0 Å². The van der Waals surface area contributed by atoms with Crippen molar-refractivity contribution in [1.82, 2.24) is 9.91 Å². The molecule has 2 N–H and O–H groups in total. The molecule has 2 aliphatic carbocycles. The molecule has 3 aromatic carbocycles. The quantitative estimate of drug-likeness (QED) is 0.213. The number of hydrogen-bond donors (Lipinski definition) is 2. The molecular weight excluding hydrogens is 669 g/mol. The number of phenolic OH excluding ortho intramolecular Hbond substituents is 1. The third kappa shape index (κ3) is 4.90. The van der Waals surface area contributed by atoms with Crippen LogP contribution in [0.2, 0.25) is 10.0 Å². The number of phenols is 1. The van der Waals surface area contributed by atoms with E-state index in [1.807, 2.05) is 13.0 Å². The number of hydrazine groups is 1. The number of imide groups is 2. The van der Waals surface area contributed by atoms with Gasteiger partial charge < -0.3 is 14.6 Å². The molecule has 4 aliphatic rings. The molecule has 2 saturated heterocycles. The molecule has 12 heteroatoms. The lowest BCUT2D eigenvalue weighted by Gasteiger charge is -2.50. The Labute approximate surface area is 293 Å². The number of rotatable bonds is 8. The van der Waals surface area contributed by atoms with Crippen LogP contribution in [0.25, 0.3) is 0 Å². The van der Waals surface area contributed by atoms with Crippen LogP contribution >= 0.6 is 23.2 Å². The molecule has 3 fully saturated rings. The lowest BCUT2D eigenvalue weighted by Crippen LogP contribution is -2.53. The lowest BCUT2D eigenvalue weighted by atomic mass is 9.49. The van der Waals surface area contributed by atoms with Gasteiger partial charge in [-0.1, -0.05) is 53.9 Å². The number of nitrogens with zero attached hydrogens (tertiary/aromatic N) is 2. The molecule has 7 rings (SSSR count). The zero-order chi connectivity index (χ0) is 34.8. The summed E-state index contributed by atoms with van der Waals surface area (Å²) in [6.07, 6.45) is 2.97. The first-order valence-electron chi connectivity index (χ1n) is 16.2. The molecule has 0 radical (unpaired) electrons. The lowest BCUT2D eigenvalue weighted by molar-refractivity contribution is -0.141. The van der Waals surface area contributed by atoms with Gasteiger partial charge in [-0.15, -0.1) is 0 Å². The highest BCUT2D eigenvalue weighted by Crippen LogP contribution is 2.65. The fourth-order valence-electron chi connectivity index (χ4n) is 8.59. The van der Waals surface area contributed by atoms with Crippen LogP contribution in [-0.4, -0.2) is 59.4 Å². The standard InChI is InChI=1S/C37H35Cl2N3O7/c1-4-15-41-33(44)24-12-11-23-25(31(24)35(41)46)18-27-34(45)42(40-29-13-7-20(38)16-28(29)39)36(47)37(27,19-5-8-21(48-2)9-6-19)32(23)26-17-22(49-3)10-14-30(26)43/h5-11,13-14,16-17,24-25,27,31-32,40,43H,4,12,15,18H2,1-3H3. The minimum Gasteiger partial charge on any atom is -0.508 e. The second-order valence-corrected chi connectivity index (χ2v) is 13.8. The van der Waals surface area contributed by atoms with Gasteiger partial charge in [0.05, 0.1) is 48.1 Å². The summed E-state index contributed by atoms with van der Waals surface area (Å²) in [6, 6.07) is 16.4. The van der Waals surface area contributed by atoms with E-state index in [0.717, 1.165) is 10.6 Å². The van der Waals surface area contributed by atoms with E-state index in [1.165, 1.54) is 31.3 Å². The fourth-order valence-corrected chi connectivity index (χ4v) is 9.04. The molecule has 10 nitrogen and oxygen atoms in total. The van der Waals surface area contributed by atoms with Gasteiger partial charge in [0.1, 0.15) is 17.2 Å². The van der Waals surface area contributed by atoms with E-state index < -0.39 is 46.8 Å². The molecule has 49 heavy (non-hydrogen) atoms. The van der Waals surface area contributed by atoms with E-state index in [9.17, 15) is 19.5 Å². The molecule has 2 heterocycles. The Morgan fingerprint density at radius 1 is 0.898 bits per heavy atom. The van der Waals surface area contributed by atoms with Crippen molar-refractivity contribution in [1.29, 1.82) is 0 Å². The number of hydrogen-bond acceptors (Lipinski definition) is 8. The predicted octanol–water partition coefficient (Wildman–Crippen LogP) is 6.11. The number of nitrogens with one attached hydrogen (secondary N) is 1. The predicted molar refractivity (Wildman–Crippen MR) is 182 cm³/mol. The van der Waals surface area contributed by atoms with Gasteiger partial charge in [-0.05, 0) is 79.3 Å². The highest BCUT2D eigenvalue weighted by molar-refractivity contribution is 6.36. The van der Waals surface area contributed by atoms with E-state index in [0.29, 0.717) is 46.3 Å². The number of carbonyl (C=O) groups is 4. The highest BCUT2D eigenvalue weighted by atomic mass is 35.5. The molecule has 3 aromatic rings. The summed E-state index contributed by atoms with van der Waals surface area (Å²) in [5.41, 5.74) is 3.28. The summed E-state index contributed by atoms with van der Waals surface area (Å²) in [4.78, 5) is 59.0. The third-order valence-electron chi connectivity index (χ3n) is 10.7. The Morgan fingerprint density at radius 3 is 2.29 bits per heavy atom. The number of aromatic hydroxyl groups is 1. The normalized spacial score (nSPS) is 27.4. The van der Waals surface area contributed by atoms with Crippen LogP contribution in [0.15, 0.2) is 72.3 Å². The van der Waals surface area contributed by atoms with Crippen LogP contribution in [0, 0.1) is 23.7 Å². The van der Waals surface area contributed by atoms with Crippen LogP contribution in [0.5, 0.6) is 17.2 Å². The second-order valence-electron chi connectivity index (χ2n) is 13.0. The number of amides is 4. The average molecular weight is 705 g/mol. The first-order valence-corrected chi connectivity index (χ1v) is 17.0. The highest BCUT2D eigenvalue weighted by Gasteiger charge is 2.70. The molecule has 4 amide bonds. The fraction of sp³-hybridized carbons (Fsp3) is 0.351. The first-order chi connectivity index (χ1) is 23.6. The smallest absolute Gasteiger partial charge is 0.260 e. The number of allylic oxidation sites excluding steroid dienone is 2. The summed E-state index contributed by atoms with van der Waals surface area (Å²) in [5, 5.41) is 13.1. The minimum absolute atomic E-state index is 0.102. The Kier molecular flexibility index (Phi) is 8.35. The van der Waals surface area contributed by atoms with E-state index >= 15 is 4.79 Å². The zero-order valence-corrected chi connectivity index (χ0v) is 28.6. The largest absolute Gasteiger partial charge is 0.508 e. The van der Waals surface area contributed by atoms with Crippen molar-refractivity contribution >= 4 is 52.5 Å². The molecule has 6 atom stereocenters. The molecular formula is C37H35Cl2N3O7. The maximum absolute atomic E-state index is 15.3. The summed E-state index contributed by atoms with van der Waals surface area (Å²) < 4.78 is 11.0. The maximum atomic E-state index is 15.3. The van der Waals surface area contributed by atoms with Crippen molar-refractivity contribution in [2.45, 2.75) is 37.5 Å². The Hall–Kier alpha value is -4.54. The van der Waals surface area contributed by atoms with Crippen molar-refractivity contribution in [3.8, 4) is 17.2 Å². The van der Waals surface area contributed by atoms with Gasteiger partial charge >= 0.3 is 0 Å². The van der Waals surface area contributed by atoms with Crippen molar-refractivity contribution in [3.63, 3.8) is 0 Å². The van der Waals surface area contributed by atoms with Gasteiger partial charge in [-0.25, -0.2) is 0 Å². The van der Waals surface area contributed by atoms with Crippen molar-refractivity contribution in [2.24, 2.45) is 23.7 Å². The van der Waals surface area contributed by atoms with Crippen LogP contribution in [0.4, 0.5) is 5.69 Å². The van der Waals surface area contributed by atoms with Gasteiger partial charge in [0.25, 0.3) is 11.8 Å². The van der Waals surface area contributed by atoms with Gasteiger partial charge in [-0.2, -0.15) is 5.01 Å². The van der Waals surface area contributed by atoms with Crippen LogP contribution in [0.3, 0.4) is 0 Å². The van der Waals surface area contributed by atoms with Crippen molar-refractivity contribution in [3.05, 3.63) is 93.5 Å². The van der Waals surface area contributed by atoms with E-state index in [4.69, 9.17) is 32.7 Å². The Balaban J connectivity index is 1.48. The molecule has 0 spiro atoms. The van der Waals surface area contributed by atoms with E-state index in [-0.39, 0.29) is 35.4 Å². The summed E-state index contributed by atoms with van der Waals surface area (Å²) in [7, 11) is 3.04. The molecule has 0 bridgehead atoms. The van der Waals surface area contributed by atoms with E-state index in [2.05, 4.69) is 5.43 Å². The monoisotopic (exact) mass is 703 g/mol. The number of benzene rings is 3. The van der Waals surface area contributed by atoms with Crippen LogP contribution < -0.4 is 14.9 Å². The van der Waals surface area contributed by atoms with Crippen molar-refractivity contribution < 1.29 is 33.8 Å². The van der Waals surface area contributed by atoms with Crippen molar-refractivity contribution in [2.75, 3.05) is 26.2 Å². The molecule has 254 valence electrons. The summed E-state index contributed by atoms with van der Waals surface area (Å²) in [6.45, 7) is 2.22. The number of ether oxygens (including phenoxy) is 2. The van der Waals surface area contributed by atoms with Gasteiger partial charge in [-0.3, -0.25) is 29.5 Å². The SMILES string of the molecule is CCCN1C(=O)C2CC=C3C(CC4C(=O)N(Nc5ccc(Cl)cc5Cl)C(=O)C4(c4ccc(OC)cc4)C3c3cc(OC)ccc3O)C2C1=O. The second kappa shape index (κ2) is 12.4. The summed E-state index contributed by atoms with van der Waals surface area (Å²) in [5.74, 6) is -4.45. The molecule has 0 aromatic heterocycles. The number of carbonyl (C=O) groups excluding carboxylic acids is 4. The maximum Gasteiger partial charge on any atom is 0.260 e. The first kappa shape index (κ1) is 33.0. The Morgan fingerprint density at radius 2 is 1.61 bits per heavy atom. The van der Waals surface area contributed by atoms with Crippen LogP contribution in [0.1, 0.15) is 43.2 Å². The molecule has 2 aliphatic heterocycles. The van der Waals surface area contributed by atoms with Gasteiger partial charge in [0, 0.05) is 23.0 Å². The number of halogens is 2. The number of methoxy groups -OCH3 is 2. The third-order valence-corrected chi connectivity index (χ3v) is 11.2. The zero-order valence-electron chi connectivity index (χ0n) is 27.1. The minimum atomic E-state index is -1.59. The summed E-state index contributed by atoms with van der Waals surface area (Å²) >= 11 is 12.7. The number of anilines is 1. The average Bonchev–Trinajstić information content (AvgIpc) is 3.47. The number of likely N-dealkylation sites (tertiary alicyclic amines) is 1. The molecule has 1 saturated carbocycles. The Bertz CT molecular complexity index is 1910. The van der Waals surface area contributed by atoms with E-state index in [1.54, 1.807) is 48.5 Å². The molecule has 6 unspecified atom stereocenters. The van der Waals surface area contributed by atoms with Gasteiger partial charge in [0.2, 0.25) is 11.8 Å². The van der Waals surface area contributed by atoms with Crippen LogP contribution in [-0.2, 0) is 24.6 Å².